The molecule has 4 heterocycles. The first-order valence-electron chi connectivity index (χ1n) is 6.82. The van der Waals surface area contributed by atoms with Crippen molar-refractivity contribution in [3.8, 4) is 9.88 Å². The molecular weight excluding hydrogens is 330 g/mol. The molecule has 6 nitrogen and oxygen atoms in total. The van der Waals surface area contributed by atoms with Crippen molar-refractivity contribution < 1.29 is 4.79 Å². The number of anilines is 1. The van der Waals surface area contributed by atoms with Crippen LogP contribution < -0.4 is 5.32 Å². The van der Waals surface area contributed by atoms with Crippen LogP contribution in [-0.4, -0.2) is 26.1 Å². The summed E-state index contributed by atoms with van der Waals surface area (Å²) in [5, 5.41) is 15.3. The second-order valence-electron chi connectivity index (χ2n) is 4.91. The van der Waals surface area contributed by atoms with E-state index >= 15 is 0 Å². The maximum absolute atomic E-state index is 12.3. The van der Waals surface area contributed by atoms with Gasteiger partial charge in [-0.05, 0) is 24.4 Å². The number of fused-ring (bicyclic) bond motifs is 1. The van der Waals surface area contributed by atoms with Gasteiger partial charge in [0.05, 0.1) is 16.8 Å². The molecule has 0 unspecified atom stereocenters. The van der Waals surface area contributed by atoms with Gasteiger partial charge in [-0.25, -0.2) is 9.97 Å². The van der Waals surface area contributed by atoms with Gasteiger partial charge in [0.2, 0.25) is 0 Å². The van der Waals surface area contributed by atoms with Crippen molar-refractivity contribution in [3.63, 3.8) is 0 Å². The van der Waals surface area contributed by atoms with Crippen LogP contribution in [0.25, 0.3) is 20.9 Å². The lowest BCUT2D eigenvalue weighted by Gasteiger charge is -2.02. The Morgan fingerprint density at radius 3 is 3.09 bits per heavy atom. The average molecular weight is 341 g/mol. The molecule has 1 amide bonds. The summed E-state index contributed by atoms with van der Waals surface area (Å²) in [5.41, 5.74) is 2.58. The smallest absolute Gasteiger partial charge is 0.275 e. The van der Waals surface area contributed by atoms with E-state index in [9.17, 15) is 4.79 Å². The van der Waals surface area contributed by atoms with E-state index in [4.69, 9.17) is 0 Å². The van der Waals surface area contributed by atoms with Crippen molar-refractivity contribution in [2.75, 3.05) is 5.32 Å². The molecule has 0 aliphatic carbocycles. The van der Waals surface area contributed by atoms with Crippen molar-refractivity contribution in [2.24, 2.45) is 0 Å². The number of thiazole rings is 1. The third-order valence-corrected chi connectivity index (χ3v) is 5.21. The number of aromatic amines is 1. The fourth-order valence-corrected chi connectivity index (χ4v) is 3.79. The molecule has 0 saturated carbocycles. The summed E-state index contributed by atoms with van der Waals surface area (Å²) in [4.78, 5) is 22.0. The van der Waals surface area contributed by atoms with Crippen LogP contribution in [-0.2, 0) is 0 Å². The predicted octanol–water partition coefficient (Wildman–Crippen LogP) is 3.70. The van der Waals surface area contributed by atoms with Crippen molar-refractivity contribution in [3.05, 3.63) is 46.5 Å². The number of carbonyl (C=O) groups is 1. The van der Waals surface area contributed by atoms with E-state index in [-0.39, 0.29) is 5.91 Å². The average Bonchev–Trinajstić information content (AvgIpc) is 3.27. The Kier molecular flexibility index (Phi) is 3.40. The second kappa shape index (κ2) is 5.56. The van der Waals surface area contributed by atoms with Crippen molar-refractivity contribution >= 4 is 45.3 Å². The Morgan fingerprint density at radius 1 is 1.35 bits per heavy atom. The lowest BCUT2D eigenvalue weighted by molar-refractivity contribution is 0.102. The molecule has 0 fully saturated rings. The van der Waals surface area contributed by atoms with E-state index in [0.717, 1.165) is 21.0 Å². The minimum Gasteiger partial charge on any atom is -0.319 e. The van der Waals surface area contributed by atoms with E-state index in [1.807, 2.05) is 30.5 Å². The number of H-pyrrole nitrogens is 1. The SMILES string of the molecule is Cc1[nH]nc2ncc(NC(=O)c3csc(-c4cccs4)n3)cc12. The Balaban J connectivity index is 1.58. The summed E-state index contributed by atoms with van der Waals surface area (Å²) in [5.74, 6) is -0.244. The fraction of sp³-hybridized carbons (Fsp3) is 0.0667. The molecule has 0 spiro atoms. The van der Waals surface area contributed by atoms with Crippen LogP contribution in [0.1, 0.15) is 16.2 Å². The zero-order chi connectivity index (χ0) is 15.8. The van der Waals surface area contributed by atoms with Crippen LogP contribution >= 0.6 is 22.7 Å². The van der Waals surface area contributed by atoms with Gasteiger partial charge < -0.3 is 5.32 Å². The number of hydrogen-bond acceptors (Lipinski definition) is 6. The quantitative estimate of drug-likeness (QED) is 0.595. The minimum absolute atomic E-state index is 0.244. The molecule has 0 aliphatic rings. The van der Waals surface area contributed by atoms with Crippen LogP contribution in [0, 0.1) is 6.92 Å². The summed E-state index contributed by atoms with van der Waals surface area (Å²) < 4.78 is 0. The summed E-state index contributed by atoms with van der Waals surface area (Å²) in [7, 11) is 0. The molecule has 4 aromatic rings. The molecule has 0 aliphatic heterocycles. The second-order valence-corrected chi connectivity index (χ2v) is 6.72. The summed E-state index contributed by atoms with van der Waals surface area (Å²) in [6.07, 6.45) is 1.59. The lowest BCUT2D eigenvalue weighted by atomic mass is 10.2. The standard InChI is InChI=1S/C15H11N5OS2/c1-8-10-5-9(6-16-13(10)20-19-8)17-14(21)11-7-23-15(18-11)12-3-2-4-22-12/h2-7H,1H3,(H,17,21)(H,16,19,20). The van der Waals surface area contributed by atoms with Gasteiger partial charge >= 0.3 is 0 Å². The molecule has 4 rings (SSSR count). The Bertz CT molecular complexity index is 987. The van der Waals surface area contributed by atoms with Gasteiger partial charge in [-0.15, -0.1) is 22.7 Å². The number of nitrogens with one attached hydrogen (secondary N) is 2. The first kappa shape index (κ1) is 14.0. The number of aromatic nitrogens is 4. The van der Waals surface area contributed by atoms with Crippen molar-refractivity contribution in [1.29, 1.82) is 0 Å². The van der Waals surface area contributed by atoms with Crippen LogP contribution in [0.4, 0.5) is 5.69 Å². The monoisotopic (exact) mass is 341 g/mol. The number of rotatable bonds is 3. The zero-order valence-corrected chi connectivity index (χ0v) is 13.7. The fourth-order valence-electron chi connectivity index (χ4n) is 2.17. The molecule has 0 atom stereocenters. The molecule has 2 N–H and O–H groups in total. The molecule has 8 heteroatoms. The highest BCUT2D eigenvalue weighted by Gasteiger charge is 2.13. The molecule has 0 bridgehead atoms. The van der Waals surface area contributed by atoms with Gasteiger partial charge in [-0.1, -0.05) is 6.07 Å². The van der Waals surface area contributed by atoms with Gasteiger partial charge in [-0.2, -0.15) is 5.10 Å². The van der Waals surface area contributed by atoms with Gasteiger partial charge in [0.15, 0.2) is 5.65 Å². The minimum atomic E-state index is -0.244. The molecule has 0 saturated heterocycles. The van der Waals surface area contributed by atoms with Gasteiger partial charge in [0.25, 0.3) is 5.91 Å². The number of pyridine rings is 1. The Labute approximate surface area is 139 Å². The number of amides is 1. The summed E-state index contributed by atoms with van der Waals surface area (Å²) >= 11 is 3.07. The van der Waals surface area contributed by atoms with Crippen molar-refractivity contribution in [2.45, 2.75) is 6.92 Å². The molecular formula is C15H11N5OS2. The molecule has 4 aromatic heterocycles. The van der Waals surface area contributed by atoms with Crippen molar-refractivity contribution in [1.82, 2.24) is 20.2 Å². The highest BCUT2D eigenvalue weighted by Crippen LogP contribution is 2.28. The highest BCUT2D eigenvalue weighted by atomic mass is 32.1. The van der Waals surface area contributed by atoms with E-state index in [2.05, 4.69) is 25.5 Å². The third kappa shape index (κ3) is 2.62. The van der Waals surface area contributed by atoms with Crippen LogP contribution in [0.3, 0.4) is 0 Å². The maximum atomic E-state index is 12.3. The largest absolute Gasteiger partial charge is 0.319 e. The zero-order valence-electron chi connectivity index (χ0n) is 12.0. The van der Waals surface area contributed by atoms with Gasteiger partial charge in [0, 0.05) is 16.5 Å². The molecule has 0 aromatic carbocycles. The molecule has 114 valence electrons. The van der Waals surface area contributed by atoms with Crippen LogP contribution in [0.2, 0.25) is 0 Å². The van der Waals surface area contributed by atoms with Gasteiger partial charge in [0.1, 0.15) is 10.7 Å². The highest BCUT2D eigenvalue weighted by molar-refractivity contribution is 7.20. The first-order chi connectivity index (χ1) is 11.2. The molecule has 23 heavy (non-hydrogen) atoms. The summed E-state index contributed by atoms with van der Waals surface area (Å²) in [6, 6.07) is 5.81. The number of nitrogens with zero attached hydrogens (tertiary/aromatic N) is 3. The van der Waals surface area contributed by atoms with Crippen LogP contribution in [0.15, 0.2) is 35.2 Å². The Hall–Kier alpha value is -2.58. The third-order valence-electron chi connectivity index (χ3n) is 3.33. The van der Waals surface area contributed by atoms with E-state index in [1.165, 1.54) is 11.3 Å². The maximum Gasteiger partial charge on any atom is 0.275 e. The first-order valence-corrected chi connectivity index (χ1v) is 8.58. The number of thiophene rings is 1. The predicted molar refractivity (Wildman–Crippen MR) is 92.0 cm³/mol. The van der Waals surface area contributed by atoms with Crippen LogP contribution in [0.5, 0.6) is 0 Å². The van der Waals surface area contributed by atoms with E-state index < -0.39 is 0 Å². The number of carbonyl (C=O) groups excluding carboxylic acids is 1. The topological polar surface area (TPSA) is 83.6 Å². The van der Waals surface area contributed by atoms with Gasteiger partial charge in [-0.3, -0.25) is 9.89 Å². The van der Waals surface area contributed by atoms with E-state index in [1.54, 1.807) is 22.9 Å². The molecule has 0 radical (unpaired) electrons. The summed E-state index contributed by atoms with van der Waals surface area (Å²) in [6.45, 7) is 1.91. The lowest BCUT2D eigenvalue weighted by Crippen LogP contribution is -2.12. The van der Waals surface area contributed by atoms with E-state index in [0.29, 0.717) is 17.0 Å². The number of aryl methyl sites for hydroxylation is 1. The normalized spacial score (nSPS) is 11.0. The number of hydrogen-bond donors (Lipinski definition) is 2. The Morgan fingerprint density at radius 2 is 2.26 bits per heavy atom.